The van der Waals surface area contributed by atoms with E-state index in [9.17, 15) is 28.4 Å². The molecule has 0 radical (unpaired) electrons. The molecule has 2 saturated heterocycles. The number of amides is 1. The Hall–Kier alpha value is -3.78. The van der Waals surface area contributed by atoms with E-state index in [0.717, 1.165) is 0 Å². The van der Waals surface area contributed by atoms with E-state index in [1.807, 2.05) is 9.88 Å². The van der Waals surface area contributed by atoms with Gasteiger partial charge in [0.1, 0.15) is 6.61 Å². The van der Waals surface area contributed by atoms with Crippen LogP contribution in [0.2, 0.25) is 0 Å². The van der Waals surface area contributed by atoms with Gasteiger partial charge in [0.05, 0.1) is 23.4 Å². The fraction of sp³-hybridized carbons (Fsp3) is 0.421. The summed E-state index contributed by atoms with van der Waals surface area (Å²) < 4.78 is 22.8. The molecule has 176 valence electrons. The van der Waals surface area contributed by atoms with Crippen LogP contribution in [0.1, 0.15) is 6.92 Å². The van der Waals surface area contributed by atoms with Crippen molar-refractivity contribution in [2.24, 2.45) is 17.4 Å². The maximum atomic E-state index is 12.8. The molecule has 1 aromatic heterocycles. The first-order chi connectivity index (χ1) is 15.5. The topological polar surface area (TPSA) is 213 Å². The SMILES string of the molecule is CO[C@@]12[C@H](COC(N)=O)C3=C(C(=O)C(C)=C(N)C3=O)N1C[C@@H]1N[C@@H]12.O=c1[nH]cc(F)c(=O)[nH]1. The number of ether oxygens (including phenoxy) is 2. The van der Waals surface area contributed by atoms with Crippen LogP contribution < -0.4 is 28.0 Å². The van der Waals surface area contributed by atoms with Gasteiger partial charge < -0.3 is 36.1 Å². The number of methoxy groups -OCH3 is 1. The van der Waals surface area contributed by atoms with Gasteiger partial charge in [-0.3, -0.25) is 19.4 Å². The van der Waals surface area contributed by atoms with Crippen molar-refractivity contribution in [3.05, 3.63) is 55.4 Å². The lowest BCUT2D eigenvalue weighted by Gasteiger charge is -2.39. The van der Waals surface area contributed by atoms with Gasteiger partial charge in [0.15, 0.2) is 5.72 Å². The number of halogens is 1. The number of aromatic nitrogens is 2. The van der Waals surface area contributed by atoms with Crippen LogP contribution >= 0.6 is 0 Å². The van der Waals surface area contributed by atoms with Crippen molar-refractivity contribution in [3.63, 3.8) is 0 Å². The third-order valence-corrected chi connectivity index (χ3v) is 6.25. The highest BCUT2D eigenvalue weighted by Crippen LogP contribution is 2.55. The maximum absolute atomic E-state index is 12.8. The summed E-state index contributed by atoms with van der Waals surface area (Å²) in [4.78, 5) is 62.4. The van der Waals surface area contributed by atoms with E-state index in [1.165, 1.54) is 14.0 Å². The molecule has 1 amide bonds. The van der Waals surface area contributed by atoms with Crippen molar-refractivity contribution in [1.82, 2.24) is 20.2 Å². The van der Waals surface area contributed by atoms with Crippen LogP contribution in [0.5, 0.6) is 0 Å². The number of nitrogens with zero attached hydrogens (tertiary/aromatic N) is 1. The molecule has 1 aromatic rings. The van der Waals surface area contributed by atoms with Gasteiger partial charge in [-0.05, 0) is 6.92 Å². The second-order valence-electron chi connectivity index (χ2n) is 7.88. The zero-order chi connectivity index (χ0) is 24.2. The van der Waals surface area contributed by atoms with E-state index in [0.29, 0.717) is 18.4 Å². The van der Waals surface area contributed by atoms with Crippen LogP contribution in [0.4, 0.5) is 9.18 Å². The van der Waals surface area contributed by atoms with E-state index in [1.54, 1.807) is 4.98 Å². The number of ketones is 2. The third kappa shape index (κ3) is 3.25. The number of nitrogens with one attached hydrogen (secondary N) is 3. The molecule has 13 nitrogen and oxygen atoms in total. The Morgan fingerprint density at radius 1 is 1.30 bits per heavy atom. The number of allylic oxidation sites excluding steroid dienone is 2. The Bertz CT molecular complexity index is 1250. The van der Waals surface area contributed by atoms with Crippen LogP contribution in [0, 0.1) is 11.7 Å². The summed E-state index contributed by atoms with van der Waals surface area (Å²) in [5, 5.41) is 3.28. The first-order valence-electron chi connectivity index (χ1n) is 9.83. The zero-order valence-corrected chi connectivity index (χ0v) is 17.6. The molecule has 5 rings (SSSR count). The van der Waals surface area contributed by atoms with E-state index < -0.39 is 40.6 Å². The van der Waals surface area contributed by atoms with E-state index >= 15 is 0 Å². The van der Waals surface area contributed by atoms with Crippen molar-refractivity contribution in [1.29, 1.82) is 0 Å². The molecule has 0 saturated carbocycles. The normalized spacial score (nSPS) is 29.3. The molecular formula is C19H21FN6O7. The largest absolute Gasteiger partial charge is 0.449 e. The standard InChI is InChI=1S/C15H18N4O5.C4H3FN2O2/c1-5-9(16)12(21)8-6(4-24-14(17)22)15(23-2)13-7(18-13)3-19(15)10(8)11(5)20;5-2-1-6-4(9)7-3(2)8/h6-7,13,18H,3-4,16H2,1-2H3,(H2,17,22);1H,(H2,6,7,8,9)/t6-,7+,13+,15-;/m1./s1. The molecule has 33 heavy (non-hydrogen) atoms. The van der Waals surface area contributed by atoms with E-state index in [4.69, 9.17) is 20.9 Å². The predicted octanol–water partition coefficient (Wildman–Crippen LogP) is -2.45. The Morgan fingerprint density at radius 2 is 2.00 bits per heavy atom. The highest BCUT2D eigenvalue weighted by Gasteiger charge is 2.72. The van der Waals surface area contributed by atoms with Crippen LogP contribution in [0.25, 0.3) is 0 Å². The monoisotopic (exact) mass is 464 g/mol. The molecule has 2 fully saturated rings. The fourth-order valence-electron chi connectivity index (χ4n) is 4.70. The smallest absolute Gasteiger partial charge is 0.404 e. The lowest BCUT2D eigenvalue weighted by Crippen LogP contribution is -2.55. The van der Waals surface area contributed by atoms with Gasteiger partial charge in [-0.2, -0.15) is 4.39 Å². The van der Waals surface area contributed by atoms with Crippen LogP contribution in [-0.2, 0) is 19.1 Å². The summed E-state index contributed by atoms with van der Waals surface area (Å²) in [6.45, 7) is 1.92. The number of primary amides is 1. The summed E-state index contributed by atoms with van der Waals surface area (Å²) in [7, 11) is 1.52. The lowest BCUT2D eigenvalue weighted by molar-refractivity contribution is -0.137. The number of nitrogens with two attached hydrogens (primary N) is 2. The second kappa shape index (κ2) is 7.67. The molecule has 4 heterocycles. The van der Waals surface area contributed by atoms with E-state index in [-0.39, 0.29) is 41.3 Å². The summed E-state index contributed by atoms with van der Waals surface area (Å²) in [6, 6.07) is 0.109. The Labute approximate surface area is 184 Å². The highest BCUT2D eigenvalue weighted by molar-refractivity contribution is 6.25. The Balaban J connectivity index is 0.000000243. The van der Waals surface area contributed by atoms with Crippen molar-refractivity contribution < 1.29 is 28.2 Å². The number of H-pyrrole nitrogens is 2. The number of carbonyl (C=O) groups excluding carboxylic acids is 3. The summed E-state index contributed by atoms with van der Waals surface area (Å²) in [5.74, 6) is -2.33. The average molecular weight is 464 g/mol. The molecule has 4 aliphatic rings. The summed E-state index contributed by atoms with van der Waals surface area (Å²) >= 11 is 0. The molecule has 3 aliphatic heterocycles. The van der Waals surface area contributed by atoms with Crippen molar-refractivity contribution in [2.75, 3.05) is 20.3 Å². The molecule has 0 aromatic carbocycles. The number of aromatic amines is 2. The zero-order valence-electron chi connectivity index (χ0n) is 17.6. The van der Waals surface area contributed by atoms with Gasteiger partial charge in [0.25, 0.3) is 5.56 Å². The number of fused-ring (bicyclic) bond motifs is 4. The Morgan fingerprint density at radius 3 is 2.58 bits per heavy atom. The minimum atomic E-state index is -1.00. The first kappa shape index (κ1) is 22.4. The molecule has 14 heteroatoms. The quantitative estimate of drug-likeness (QED) is 0.235. The molecule has 0 spiro atoms. The number of carbonyl (C=O) groups is 3. The van der Waals surface area contributed by atoms with E-state index in [2.05, 4.69) is 5.32 Å². The minimum absolute atomic E-state index is 0.0586. The fourth-order valence-corrected chi connectivity index (χ4v) is 4.70. The average Bonchev–Trinajstić information content (AvgIpc) is 3.38. The summed E-state index contributed by atoms with van der Waals surface area (Å²) in [6.07, 6.45) is -0.240. The number of piperazine rings is 1. The van der Waals surface area contributed by atoms with Crippen molar-refractivity contribution in [2.45, 2.75) is 24.7 Å². The molecule has 4 atom stereocenters. The van der Waals surface area contributed by atoms with Gasteiger partial charge in [0, 0.05) is 37.0 Å². The second-order valence-corrected chi connectivity index (χ2v) is 7.88. The van der Waals surface area contributed by atoms with Crippen LogP contribution in [0.15, 0.2) is 38.3 Å². The number of hydrogen-bond acceptors (Lipinski definition) is 10. The molecular weight excluding hydrogens is 443 g/mol. The van der Waals surface area contributed by atoms with Crippen LogP contribution in [-0.4, -0.2) is 70.6 Å². The third-order valence-electron chi connectivity index (χ3n) is 6.25. The van der Waals surface area contributed by atoms with Gasteiger partial charge in [0.2, 0.25) is 17.4 Å². The van der Waals surface area contributed by atoms with Gasteiger partial charge in [-0.25, -0.2) is 9.59 Å². The maximum Gasteiger partial charge on any atom is 0.404 e. The predicted molar refractivity (Wildman–Crippen MR) is 108 cm³/mol. The first-order valence-corrected chi connectivity index (χ1v) is 9.83. The molecule has 0 bridgehead atoms. The van der Waals surface area contributed by atoms with Crippen LogP contribution in [0.3, 0.4) is 0 Å². The van der Waals surface area contributed by atoms with Gasteiger partial charge >= 0.3 is 11.8 Å². The lowest BCUT2D eigenvalue weighted by atomic mass is 9.82. The molecule has 7 N–H and O–H groups in total. The number of Topliss-reactive ketones (excluding diaryl/α,β-unsaturated/α-hetero) is 2. The van der Waals surface area contributed by atoms with Gasteiger partial charge in [-0.1, -0.05) is 0 Å². The van der Waals surface area contributed by atoms with Crippen molar-refractivity contribution in [3.8, 4) is 0 Å². The molecule has 0 unspecified atom stereocenters. The number of hydrogen-bond donors (Lipinski definition) is 5. The minimum Gasteiger partial charge on any atom is -0.449 e. The van der Waals surface area contributed by atoms with Crippen molar-refractivity contribution >= 4 is 17.7 Å². The number of rotatable bonds is 3. The van der Waals surface area contributed by atoms with Gasteiger partial charge in [-0.15, -0.1) is 0 Å². The summed E-state index contributed by atoms with van der Waals surface area (Å²) in [5.41, 5.74) is 8.96. The Kier molecular flexibility index (Phi) is 5.21. The highest BCUT2D eigenvalue weighted by atomic mass is 19.1. The molecule has 1 aliphatic carbocycles.